The van der Waals surface area contributed by atoms with Crippen molar-refractivity contribution in [2.75, 3.05) is 12.3 Å². The molecule has 24 heavy (non-hydrogen) atoms. The van der Waals surface area contributed by atoms with Crippen LogP contribution in [0.3, 0.4) is 0 Å². The van der Waals surface area contributed by atoms with E-state index in [2.05, 4.69) is 17.6 Å². The van der Waals surface area contributed by atoms with Crippen LogP contribution in [0.15, 0.2) is 18.3 Å². The highest BCUT2D eigenvalue weighted by Gasteiger charge is 2.54. The Kier molecular flexibility index (Phi) is 3.90. The van der Waals surface area contributed by atoms with Crippen molar-refractivity contribution in [3.05, 3.63) is 24.0 Å². The molecule has 4 heterocycles. The van der Waals surface area contributed by atoms with Gasteiger partial charge in [-0.15, -0.1) is 11.8 Å². The molecule has 0 aliphatic carbocycles. The molecule has 5 nitrogen and oxygen atoms in total. The minimum absolute atomic E-state index is 0.140. The van der Waals surface area contributed by atoms with Crippen molar-refractivity contribution in [3.63, 3.8) is 0 Å². The quantitative estimate of drug-likeness (QED) is 0.826. The highest BCUT2D eigenvalue weighted by Crippen LogP contribution is 2.48. The highest BCUT2D eigenvalue weighted by atomic mass is 32.2. The van der Waals surface area contributed by atoms with Crippen molar-refractivity contribution in [1.29, 1.82) is 0 Å². The molecular weight excluding hydrogens is 322 g/mol. The van der Waals surface area contributed by atoms with E-state index in [0.29, 0.717) is 6.42 Å². The van der Waals surface area contributed by atoms with Gasteiger partial charge < -0.3 is 14.4 Å². The van der Waals surface area contributed by atoms with Gasteiger partial charge in [-0.3, -0.25) is 9.59 Å². The number of hydrogen-bond acceptors (Lipinski definition) is 3. The fourth-order valence-electron chi connectivity index (χ4n) is 4.52. The van der Waals surface area contributed by atoms with Gasteiger partial charge in [-0.25, -0.2) is 0 Å². The second-order valence-electron chi connectivity index (χ2n) is 7.35. The molecule has 4 rings (SSSR count). The van der Waals surface area contributed by atoms with Crippen LogP contribution in [0, 0.1) is 0 Å². The molecule has 0 bridgehead atoms. The normalized spacial score (nSPS) is 33.2. The van der Waals surface area contributed by atoms with Gasteiger partial charge in [0.25, 0.3) is 0 Å². The summed E-state index contributed by atoms with van der Waals surface area (Å²) in [7, 11) is 2.04. The molecule has 1 aromatic heterocycles. The van der Waals surface area contributed by atoms with Crippen LogP contribution < -0.4 is 0 Å². The number of rotatable bonds is 2. The SMILES string of the molecule is Cn1cccc1[C@@H]1CCCCN1C(=O)[C@H]1CS[C@]2(C)CCC(=O)N12. The molecule has 3 fully saturated rings. The lowest BCUT2D eigenvalue weighted by atomic mass is 9.98. The summed E-state index contributed by atoms with van der Waals surface area (Å²) in [5.41, 5.74) is 1.20. The Bertz CT molecular complexity index is 673. The number of likely N-dealkylation sites (tertiary alicyclic amines) is 1. The standard InChI is InChI=1S/C18H25N3O2S/c1-18-9-8-16(22)21(18)15(12-24-18)17(23)20-11-4-3-6-14(20)13-7-5-10-19(13)2/h5,7,10,14-15H,3-4,6,8-9,11-12H2,1-2H3/t14-,15+,18+/m0/s1. The van der Waals surface area contributed by atoms with E-state index in [1.165, 1.54) is 5.69 Å². The van der Waals surface area contributed by atoms with Gasteiger partial charge in [-0.2, -0.15) is 0 Å². The predicted octanol–water partition coefficient (Wildman–Crippen LogP) is 2.53. The first kappa shape index (κ1) is 16.1. The van der Waals surface area contributed by atoms with Crippen LogP contribution in [-0.4, -0.2) is 49.4 Å². The molecule has 0 unspecified atom stereocenters. The lowest BCUT2D eigenvalue weighted by molar-refractivity contribution is -0.146. The van der Waals surface area contributed by atoms with Gasteiger partial charge in [-0.1, -0.05) is 0 Å². The van der Waals surface area contributed by atoms with Crippen LogP contribution in [0.25, 0.3) is 0 Å². The third kappa shape index (κ3) is 2.38. The third-order valence-corrected chi connectivity index (χ3v) is 7.35. The highest BCUT2D eigenvalue weighted by molar-refractivity contribution is 8.01. The monoisotopic (exact) mass is 347 g/mol. The summed E-state index contributed by atoms with van der Waals surface area (Å²) in [6.07, 6.45) is 6.70. The summed E-state index contributed by atoms with van der Waals surface area (Å²) in [5, 5.41) is 0. The van der Waals surface area contributed by atoms with E-state index in [-0.39, 0.29) is 28.8 Å². The van der Waals surface area contributed by atoms with Gasteiger partial charge in [0.2, 0.25) is 11.8 Å². The van der Waals surface area contributed by atoms with Crippen molar-refractivity contribution >= 4 is 23.6 Å². The van der Waals surface area contributed by atoms with Crippen molar-refractivity contribution in [3.8, 4) is 0 Å². The van der Waals surface area contributed by atoms with E-state index in [4.69, 9.17) is 0 Å². The Labute approximate surface area is 147 Å². The largest absolute Gasteiger partial charge is 0.353 e. The van der Waals surface area contributed by atoms with Crippen LogP contribution in [-0.2, 0) is 16.6 Å². The van der Waals surface area contributed by atoms with Gasteiger partial charge in [-0.05, 0) is 44.7 Å². The van der Waals surface area contributed by atoms with Gasteiger partial charge in [0.15, 0.2) is 0 Å². The first-order valence-electron chi connectivity index (χ1n) is 8.89. The Morgan fingerprint density at radius 3 is 2.96 bits per heavy atom. The molecule has 2 amide bonds. The van der Waals surface area contributed by atoms with Crippen LogP contribution in [0.1, 0.15) is 50.8 Å². The molecule has 3 aliphatic heterocycles. The number of nitrogens with zero attached hydrogens (tertiary/aromatic N) is 3. The lowest BCUT2D eigenvalue weighted by Crippen LogP contribution is -2.53. The molecule has 3 aliphatic rings. The van der Waals surface area contributed by atoms with Gasteiger partial charge in [0, 0.05) is 37.7 Å². The van der Waals surface area contributed by atoms with Crippen molar-refractivity contribution in [2.24, 2.45) is 7.05 Å². The van der Waals surface area contributed by atoms with Crippen LogP contribution in [0.2, 0.25) is 0 Å². The zero-order valence-corrected chi connectivity index (χ0v) is 15.2. The number of hydrogen-bond donors (Lipinski definition) is 0. The van der Waals surface area contributed by atoms with E-state index >= 15 is 0 Å². The van der Waals surface area contributed by atoms with Gasteiger partial charge >= 0.3 is 0 Å². The maximum atomic E-state index is 13.4. The minimum atomic E-state index is -0.282. The van der Waals surface area contributed by atoms with E-state index in [1.807, 2.05) is 29.1 Å². The van der Waals surface area contributed by atoms with Crippen molar-refractivity contribution in [1.82, 2.24) is 14.4 Å². The number of amides is 2. The molecule has 130 valence electrons. The molecule has 6 heteroatoms. The van der Waals surface area contributed by atoms with E-state index in [9.17, 15) is 9.59 Å². The average molecular weight is 347 g/mol. The Morgan fingerprint density at radius 1 is 1.38 bits per heavy atom. The number of carbonyl (C=O) groups is 2. The number of thioether (sulfide) groups is 1. The van der Waals surface area contributed by atoms with Crippen LogP contribution >= 0.6 is 11.8 Å². The summed E-state index contributed by atoms with van der Waals surface area (Å²) in [5.74, 6) is 1.03. The second-order valence-corrected chi connectivity index (χ2v) is 8.85. The zero-order chi connectivity index (χ0) is 16.9. The summed E-state index contributed by atoms with van der Waals surface area (Å²) in [6, 6.07) is 4.01. The number of aromatic nitrogens is 1. The Hall–Kier alpha value is -1.43. The molecule has 0 radical (unpaired) electrons. The van der Waals surface area contributed by atoms with Gasteiger partial charge in [0.05, 0.1) is 10.9 Å². The molecule has 1 aromatic rings. The maximum Gasteiger partial charge on any atom is 0.246 e. The predicted molar refractivity (Wildman–Crippen MR) is 94.4 cm³/mol. The fraction of sp³-hybridized carbons (Fsp3) is 0.667. The molecule has 0 N–H and O–H groups in total. The summed E-state index contributed by atoms with van der Waals surface area (Å²) >= 11 is 1.77. The topological polar surface area (TPSA) is 45.6 Å². The summed E-state index contributed by atoms with van der Waals surface area (Å²) in [6.45, 7) is 2.91. The maximum absolute atomic E-state index is 13.4. The Morgan fingerprint density at radius 2 is 2.21 bits per heavy atom. The summed E-state index contributed by atoms with van der Waals surface area (Å²) in [4.78, 5) is 29.5. The number of carbonyl (C=O) groups excluding carboxylic acids is 2. The molecule has 0 spiro atoms. The molecule has 3 saturated heterocycles. The average Bonchev–Trinajstić information content (AvgIpc) is 3.23. The van der Waals surface area contributed by atoms with Crippen molar-refractivity contribution in [2.45, 2.75) is 56.0 Å². The number of aryl methyl sites for hydroxylation is 1. The molecule has 0 saturated carbocycles. The van der Waals surface area contributed by atoms with E-state index < -0.39 is 0 Å². The van der Waals surface area contributed by atoms with E-state index in [0.717, 1.165) is 38.0 Å². The number of fused-ring (bicyclic) bond motifs is 1. The zero-order valence-electron chi connectivity index (χ0n) is 14.4. The van der Waals surface area contributed by atoms with E-state index in [1.54, 1.807) is 11.8 Å². The fourth-order valence-corrected chi connectivity index (χ4v) is 5.94. The first-order valence-corrected chi connectivity index (χ1v) is 9.88. The van der Waals surface area contributed by atoms with Gasteiger partial charge in [0.1, 0.15) is 6.04 Å². The molecule has 0 aromatic carbocycles. The molecular formula is C18H25N3O2S. The van der Waals surface area contributed by atoms with Crippen molar-refractivity contribution < 1.29 is 9.59 Å². The minimum Gasteiger partial charge on any atom is -0.353 e. The first-order chi connectivity index (χ1) is 11.5. The second kappa shape index (κ2) is 5.83. The third-order valence-electron chi connectivity index (χ3n) is 5.84. The lowest BCUT2D eigenvalue weighted by Gasteiger charge is -2.39. The van der Waals surface area contributed by atoms with Crippen LogP contribution in [0.4, 0.5) is 0 Å². The summed E-state index contributed by atoms with van der Waals surface area (Å²) < 4.78 is 2.12. The smallest absolute Gasteiger partial charge is 0.246 e. The number of piperidine rings is 1. The molecule has 3 atom stereocenters. The van der Waals surface area contributed by atoms with Crippen LogP contribution in [0.5, 0.6) is 0 Å². The Balaban J connectivity index is 1.61.